The highest BCUT2D eigenvalue weighted by molar-refractivity contribution is 6.30. The largest absolute Gasteiger partial charge is 0.348 e. The molecule has 28 heavy (non-hydrogen) atoms. The summed E-state index contributed by atoms with van der Waals surface area (Å²) in [5.41, 5.74) is 3.09. The van der Waals surface area contributed by atoms with Crippen molar-refractivity contribution in [2.24, 2.45) is 0 Å². The average molecular weight is 393 g/mol. The number of carbonyl (C=O) groups excluding carboxylic acids is 2. The Bertz CT molecular complexity index is 939. The SMILES string of the molecule is CN(Cc1ccccc1)C(=O)c1ccc(C(=O)NCc2ccc(Cl)cc2)cc1. The fourth-order valence-corrected chi connectivity index (χ4v) is 2.93. The Hall–Kier alpha value is -3.11. The van der Waals surface area contributed by atoms with E-state index < -0.39 is 0 Å². The number of benzene rings is 3. The Labute approximate surface area is 169 Å². The summed E-state index contributed by atoms with van der Waals surface area (Å²) in [5.74, 6) is -0.274. The van der Waals surface area contributed by atoms with Crippen LogP contribution in [-0.4, -0.2) is 23.8 Å². The van der Waals surface area contributed by atoms with E-state index in [-0.39, 0.29) is 11.8 Å². The van der Waals surface area contributed by atoms with Gasteiger partial charge in [0.2, 0.25) is 0 Å². The number of halogens is 1. The van der Waals surface area contributed by atoms with Crippen molar-refractivity contribution in [1.82, 2.24) is 10.2 Å². The summed E-state index contributed by atoms with van der Waals surface area (Å²) in [4.78, 5) is 26.5. The Morgan fingerprint density at radius 3 is 2.07 bits per heavy atom. The first-order valence-electron chi connectivity index (χ1n) is 8.95. The van der Waals surface area contributed by atoms with E-state index in [4.69, 9.17) is 11.6 Å². The maximum absolute atomic E-state index is 12.6. The summed E-state index contributed by atoms with van der Waals surface area (Å²) >= 11 is 5.86. The third-order valence-corrected chi connectivity index (χ3v) is 4.62. The average Bonchev–Trinajstić information content (AvgIpc) is 2.73. The second kappa shape index (κ2) is 9.20. The van der Waals surface area contributed by atoms with E-state index in [1.807, 2.05) is 42.5 Å². The van der Waals surface area contributed by atoms with Gasteiger partial charge in [-0.25, -0.2) is 0 Å². The van der Waals surface area contributed by atoms with Gasteiger partial charge in [-0.1, -0.05) is 54.1 Å². The molecule has 0 spiro atoms. The summed E-state index contributed by atoms with van der Waals surface area (Å²) in [7, 11) is 1.77. The third-order valence-electron chi connectivity index (χ3n) is 4.37. The number of amides is 2. The molecular weight excluding hydrogens is 372 g/mol. The molecule has 0 bridgehead atoms. The number of hydrogen-bond donors (Lipinski definition) is 1. The highest BCUT2D eigenvalue weighted by Gasteiger charge is 2.13. The minimum atomic E-state index is -0.188. The van der Waals surface area contributed by atoms with Crippen LogP contribution in [0.3, 0.4) is 0 Å². The van der Waals surface area contributed by atoms with E-state index in [0.29, 0.717) is 29.2 Å². The molecule has 0 radical (unpaired) electrons. The van der Waals surface area contributed by atoms with Gasteiger partial charge in [-0.05, 0) is 47.5 Å². The first-order chi connectivity index (χ1) is 13.5. The lowest BCUT2D eigenvalue weighted by molar-refractivity contribution is 0.0784. The van der Waals surface area contributed by atoms with Crippen LogP contribution in [0.1, 0.15) is 31.8 Å². The lowest BCUT2D eigenvalue weighted by Gasteiger charge is -2.17. The summed E-state index contributed by atoms with van der Waals surface area (Å²) in [6.45, 7) is 0.944. The highest BCUT2D eigenvalue weighted by atomic mass is 35.5. The van der Waals surface area contributed by atoms with Crippen molar-refractivity contribution >= 4 is 23.4 Å². The smallest absolute Gasteiger partial charge is 0.253 e. The molecule has 0 aliphatic heterocycles. The lowest BCUT2D eigenvalue weighted by atomic mass is 10.1. The molecule has 0 heterocycles. The fourth-order valence-electron chi connectivity index (χ4n) is 2.80. The first-order valence-corrected chi connectivity index (χ1v) is 9.33. The van der Waals surface area contributed by atoms with Crippen molar-refractivity contribution in [3.05, 3.63) is 106 Å². The fraction of sp³-hybridized carbons (Fsp3) is 0.130. The van der Waals surface area contributed by atoms with Crippen molar-refractivity contribution in [1.29, 1.82) is 0 Å². The van der Waals surface area contributed by atoms with Crippen LogP contribution in [0.15, 0.2) is 78.9 Å². The molecule has 5 heteroatoms. The summed E-state index contributed by atoms with van der Waals surface area (Å²) in [6, 6.07) is 23.8. The van der Waals surface area contributed by atoms with Gasteiger partial charge in [0, 0.05) is 36.3 Å². The molecule has 3 aromatic carbocycles. The van der Waals surface area contributed by atoms with Crippen LogP contribution >= 0.6 is 11.6 Å². The van der Waals surface area contributed by atoms with Gasteiger partial charge < -0.3 is 10.2 Å². The number of nitrogens with zero attached hydrogens (tertiary/aromatic N) is 1. The summed E-state index contributed by atoms with van der Waals surface area (Å²) in [5, 5.41) is 3.52. The van der Waals surface area contributed by atoms with Gasteiger partial charge in [0.05, 0.1) is 0 Å². The molecule has 3 rings (SSSR count). The van der Waals surface area contributed by atoms with Gasteiger partial charge in [-0.3, -0.25) is 9.59 Å². The number of hydrogen-bond acceptors (Lipinski definition) is 2. The zero-order chi connectivity index (χ0) is 19.9. The van der Waals surface area contributed by atoms with Crippen molar-refractivity contribution in [2.75, 3.05) is 7.05 Å². The molecule has 0 saturated heterocycles. The minimum Gasteiger partial charge on any atom is -0.348 e. The quantitative estimate of drug-likeness (QED) is 0.669. The van der Waals surface area contributed by atoms with E-state index in [9.17, 15) is 9.59 Å². The molecule has 0 aliphatic carbocycles. The lowest BCUT2D eigenvalue weighted by Crippen LogP contribution is -2.26. The van der Waals surface area contributed by atoms with Crippen LogP contribution in [0.2, 0.25) is 5.02 Å². The predicted molar refractivity (Wildman–Crippen MR) is 111 cm³/mol. The molecule has 4 nitrogen and oxygen atoms in total. The van der Waals surface area contributed by atoms with Gasteiger partial charge in [-0.2, -0.15) is 0 Å². The van der Waals surface area contributed by atoms with Crippen LogP contribution in [0.5, 0.6) is 0 Å². The van der Waals surface area contributed by atoms with E-state index in [2.05, 4.69) is 5.32 Å². The molecule has 0 atom stereocenters. The molecule has 2 amide bonds. The molecule has 142 valence electrons. The topological polar surface area (TPSA) is 49.4 Å². The van der Waals surface area contributed by atoms with Crippen LogP contribution in [0, 0.1) is 0 Å². The van der Waals surface area contributed by atoms with Crippen molar-refractivity contribution in [2.45, 2.75) is 13.1 Å². The van der Waals surface area contributed by atoms with Crippen molar-refractivity contribution in [3.8, 4) is 0 Å². The number of carbonyl (C=O) groups is 2. The van der Waals surface area contributed by atoms with Crippen LogP contribution in [-0.2, 0) is 13.1 Å². The predicted octanol–water partition coefficient (Wildman–Crippen LogP) is 4.54. The molecule has 0 saturated carbocycles. The van der Waals surface area contributed by atoms with Crippen molar-refractivity contribution < 1.29 is 9.59 Å². The molecule has 0 aliphatic rings. The molecule has 1 N–H and O–H groups in total. The summed E-state index contributed by atoms with van der Waals surface area (Å²) < 4.78 is 0. The van der Waals surface area contributed by atoms with Gasteiger partial charge in [-0.15, -0.1) is 0 Å². The monoisotopic (exact) mass is 392 g/mol. The maximum atomic E-state index is 12.6. The summed E-state index contributed by atoms with van der Waals surface area (Å²) in [6.07, 6.45) is 0. The highest BCUT2D eigenvalue weighted by Crippen LogP contribution is 2.12. The Kier molecular flexibility index (Phi) is 6.45. The number of rotatable bonds is 6. The molecule has 0 fully saturated rings. The molecule has 0 aromatic heterocycles. The normalized spacial score (nSPS) is 10.4. The van der Waals surface area contributed by atoms with Crippen LogP contribution in [0.25, 0.3) is 0 Å². The second-order valence-corrected chi connectivity index (χ2v) is 6.97. The van der Waals surface area contributed by atoms with E-state index in [1.165, 1.54) is 0 Å². The Morgan fingerprint density at radius 1 is 0.821 bits per heavy atom. The number of nitrogens with one attached hydrogen (secondary N) is 1. The molecule has 3 aromatic rings. The first kappa shape index (κ1) is 19.6. The second-order valence-electron chi connectivity index (χ2n) is 6.53. The van der Waals surface area contributed by atoms with Crippen LogP contribution < -0.4 is 5.32 Å². The Balaban J connectivity index is 1.58. The standard InChI is InChI=1S/C23H21ClN2O2/c1-26(16-18-5-3-2-4-6-18)23(28)20-11-9-19(10-12-20)22(27)25-15-17-7-13-21(24)14-8-17/h2-14H,15-16H2,1H3,(H,25,27). The Morgan fingerprint density at radius 2 is 1.43 bits per heavy atom. The third kappa shape index (κ3) is 5.21. The molecule has 0 unspecified atom stereocenters. The van der Waals surface area contributed by atoms with Gasteiger partial charge in [0.1, 0.15) is 0 Å². The zero-order valence-corrected chi connectivity index (χ0v) is 16.3. The van der Waals surface area contributed by atoms with E-state index >= 15 is 0 Å². The van der Waals surface area contributed by atoms with E-state index in [0.717, 1.165) is 11.1 Å². The van der Waals surface area contributed by atoms with Crippen LogP contribution in [0.4, 0.5) is 0 Å². The van der Waals surface area contributed by atoms with Gasteiger partial charge in [0.25, 0.3) is 11.8 Å². The van der Waals surface area contributed by atoms with Crippen molar-refractivity contribution in [3.63, 3.8) is 0 Å². The van der Waals surface area contributed by atoms with E-state index in [1.54, 1.807) is 48.3 Å². The zero-order valence-electron chi connectivity index (χ0n) is 15.6. The minimum absolute atomic E-state index is 0.0861. The van der Waals surface area contributed by atoms with Gasteiger partial charge in [0.15, 0.2) is 0 Å². The molecular formula is C23H21ClN2O2. The maximum Gasteiger partial charge on any atom is 0.253 e. The van der Waals surface area contributed by atoms with Gasteiger partial charge >= 0.3 is 0 Å².